The molecule has 1 aromatic carbocycles. The Labute approximate surface area is 191 Å². The molecule has 0 saturated carbocycles. The summed E-state index contributed by atoms with van der Waals surface area (Å²) in [4.78, 5) is 21.5. The fourth-order valence-electron chi connectivity index (χ4n) is 3.64. The van der Waals surface area contributed by atoms with E-state index in [1.54, 1.807) is 13.3 Å². The largest absolute Gasteiger partial charge is 0.497 e. The van der Waals surface area contributed by atoms with Crippen LogP contribution in [0.1, 0.15) is 26.7 Å². The molecule has 170 valence electrons. The van der Waals surface area contributed by atoms with Crippen molar-refractivity contribution < 1.29 is 9.26 Å². The van der Waals surface area contributed by atoms with Gasteiger partial charge in [0.2, 0.25) is 11.7 Å². The average Bonchev–Trinajstić information content (AvgIpc) is 3.24. The van der Waals surface area contributed by atoms with Gasteiger partial charge in [0.25, 0.3) is 5.56 Å². The first-order valence-corrected chi connectivity index (χ1v) is 10.9. The zero-order valence-electron chi connectivity index (χ0n) is 18.7. The molecule has 9 nitrogen and oxygen atoms in total. The lowest BCUT2D eigenvalue weighted by molar-refractivity contribution is 0.215. The predicted molar refractivity (Wildman–Crippen MR) is 122 cm³/mol. The van der Waals surface area contributed by atoms with E-state index in [1.807, 2.05) is 45.0 Å². The highest BCUT2D eigenvalue weighted by atomic mass is 35.5. The Hall–Kier alpha value is -2.91. The molecule has 4 rings (SSSR count). The van der Waals surface area contributed by atoms with E-state index in [-0.39, 0.29) is 10.6 Å². The van der Waals surface area contributed by atoms with Crippen LogP contribution in [0.3, 0.4) is 0 Å². The van der Waals surface area contributed by atoms with Crippen molar-refractivity contribution in [1.82, 2.24) is 24.8 Å². The Morgan fingerprint density at radius 3 is 2.44 bits per heavy atom. The number of nitrogens with zero attached hydrogens (tertiary/aromatic N) is 6. The second-order valence-electron chi connectivity index (χ2n) is 8.73. The topological polar surface area (TPSA) is 89.5 Å². The van der Waals surface area contributed by atoms with Gasteiger partial charge in [-0.15, -0.1) is 0 Å². The van der Waals surface area contributed by atoms with E-state index < -0.39 is 5.54 Å². The Morgan fingerprint density at radius 2 is 1.81 bits per heavy atom. The van der Waals surface area contributed by atoms with E-state index >= 15 is 0 Å². The Morgan fingerprint density at radius 1 is 1.12 bits per heavy atom. The van der Waals surface area contributed by atoms with Crippen molar-refractivity contribution in [3.8, 4) is 17.1 Å². The highest BCUT2D eigenvalue weighted by Gasteiger charge is 2.25. The number of rotatable bonds is 5. The van der Waals surface area contributed by atoms with Gasteiger partial charge in [0.15, 0.2) is 0 Å². The number of methoxy groups -OCH3 is 1. The molecule has 3 aromatic rings. The fourth-order valence-corrected chi connectivity index (χ4v) is 3.89. The third-order valence-corrected chi connectivity index (χ3v) is 5.78. The first kappa shape index (κ1) is 22.3. The van der Waals surface area contributed by atoms with Crippen LogP contribution in [0.15, 0.2) is 39.8 Å². The molecule has 3 heterocycles. The van der Waals surface area contributed by atoms with E-state index in [4.69, 9.17) is 20.9 Å². The number of aromatic nitrogens is 4. The quantitative estimate of drug-likeness (QED) is 0.576. The van der Waals surface area contributed by atoms with Crippen molar-refractivity contribution in [1.29, 1.82) is 0 Å². The van der Waals surface area contributed by atoms with E-state index in [2.05, 4.69) is 25.0 Å². The van der Waals surface area contributed by atoms with E-state index in [0.29, 0.717) is 23.9 Å². The van der Waals surface area contributed by atoms with Crippen LogP contribution in [-0.2, 0) is 12.1 Å². The molecule has 0 N–H and O–H groups in total. The molecular formula is C22H27ClN6O3. The summed E-state index contributed by atoms with van der Waals surface area (Å²) in [6, 6.07) is 7.53. The maximum atomic E-state index is 12.6. The third kappa shape index (κ3) is 4.63. The summed E-state index contributed by atoms with van der Waals surface area (Å²) in [6.07, 6.45) is 1.68. The molecule has 0 atom stereocenters. The zero-order valence-corrected chi connectivity index (χ0v) is 19.5. The summed E-state index contributed by atoms with van der Waals surface area (Å²) in [7, 11) is 1.63. The van der Waals surface area contributed by atoms with Crippen LogP contribution in [0.25, 0.3) is 11.4 Å². The van der Waals surface area contributed by atoms with Gasteiger partial charge in [0, 0.05) is 31.7 Å². The molecule has 0 bridgehead atoms. The first-order chi connectivity index (χ1) is 15.3. The maximum absolute atomic E-state index is 12.6. The number of hydrogen-bond acceptors (Lipinski definition) is 8. The van der Waals surface area contributed by atoms with Crippen LogP contribution in [0.2, 0.25) is 5.02 Å². The summed E-state index contributed by atoms with van der Waals surface area (Å²) in [5, 5.41) is 8.64. The minimum absolute atomic E-state index is 0.212. The number of anilines is 1. The molecule has 1 saturated heterocycles. The second kappa shape index (κ2) is 8.91. The summed E-state index contributed by atoms with van der Waals surface area (Å²) in [5.74, 6) is 1.90. The molecule has 10 heteroatoms. The second-order valence-corrected chi connectivity index (χ2v) is 9.11. The number of hydrogen-bond donors (Lipinski definition) is 0. The van der Waals surface area contributed by atoms with Crippen molar-refractivity contribution in [2.24, 2.45) is 0 Å². The van der Waals surface area contributed by atoms with Gasteiger partial charge in [-0.3, -0.25) is 9.69 Å². The minimum Gasteiger partial charge on any atom is -0.497 e. The summed E-state index contributed by atoms with van der Waals surface area (Å²) >= 11 is 6.41. The van der Waals surface area contributed by atoms with Crippen LogP contribution >= 0.6 is 11.6 Å². The standard InChI is InChI=1S/C22H27ClN6O3/c1-22(2,3)29-21(30)19(23)17(13-24-29)28-11-9-27(10-12-28)14-18-25-20(26-32-18)15-5-7-16(31-4)8-6-15/h5-8,13H,9-12,14H2,1-4H3. The summed E-state index contributed by atoms with van der Waals surface area (Å²) < 4.78 is 12.0. The van der Waals surface area contributed by atoms with Gasteiger partial charge in [0.1, 0.15) is 10.8 Å². The van der Waals surface area contributed by atoms with Gasteiger partial charge < -0.3 is 14.2 Å². The molecule has 1 aliphatic rings. The molecule has 0 spiro atoms. The number of piperazine rings is 1. The summed E-state index contributed by atoms with van der Waals surface area (Å²) in [5.41, 5.74) is 0.859. The van der Waals surface area contributed by atoms with Crippen LogP contribution in [0.5, 0.6) is 5.75 Å². The SMILES string of the molecule is COc1ccc(-c2noc(CN3CCN(c4cnn(C(C)(C)C)c(=O)c4Cl)CC3)n2)cc1. The predicted octanol–water partition coefficient (Wildman–Crippen LogP) is 3.03. The lowest BCUT2D eigenvalue weighted by Crippen LogP contribution is -2.47. The van der Waals surface area contributed by atoms with Crippen molar-refractivity contribution in [3.05, 3.63) is 51.7 Å². The highest BCUT2D eigenvalue weighted by Crippen LogP contribution is 2.25. The zero-order chi connectivity index (χ0) is 22.9. The van der Waals surface area contributed by atoms with Gasteiger partial charge in [0.05, 0.1) is 31.1 Å². The lowest BCUT2D eigenvalue weighted by Gasteiger charge is -2.35. The normalized spacial score (nSPS) is 15.2. The van der Waals surface area contributed by atoms with Crippen LogP contribution in [-0.4, -0.2) is 58.1 Å². The molecular weight excluding hydrogens is 432 g/mol. The van der Waals surface area contributed by atoms with Crippen LogP contribution < -0.4 is 15.2 Å². The summed E-state index contributed by atoms with van der Waals surface area (Å²) in [6.45, 7) is 9.33. The molecule has 0 radical (unpaired) electrons. The fraction of sp³-hybridized carbons (Fsp3) is 0.455. The third-order valence-electron chi connectivity index (χ3n) is 5.42. The molecule has 1 fully saturated rings. The van der Waals surface area contributed by atoms with Crippen LogP contribution in [0.4, 0.5) is 5.69 Å². The Balaban J connectivity index is 1.38. The van der Waals surface area contributed by atoms with Gasteiger partial charge in [-0.1, -0.05) is 16.8 Å². The number of ether oxygens (including phenoxy) is 1. The van der Waals surface area contributed by atoms with Gasteiger partial charge in [-0.25, -0.2) is 4.68 Å². The Bertz CT molecular complexity index is 1130. The molecule has 0 aliphatic carbocycles. The smallest absolute Gasteiger partial charge is 0.288 e. The van der Waals surface area contributed by atoms with Crippen molar-refractivity contribution >= 4 is 17.3 Å². The van der Waals surface area contributed by atoms with E-state index in [0.717, 1.165) is 37.5 Å². The van der Waals surface area contributed by atoms with Crippen LogP contribution in [0, 0.1) is 0 Å². The molecule has 2 aromatic heterocycles. The lowest BCUT2D eigenvalue weighted by atomic mass is 10.1. The maximum Gasteiger partial charge on any atom is 0.288 e. The average molecular weight is 459 g/mol. The monoisotopic (exact) mass is 458 g/mol. The van der Waals surface area contributed by atoms with Gasteiger partial charge >= 0.3 is 0 Å². The van der Waals surface area contributed by atoms with Crippen molar-refractivity contribution in [2.75, 3.05) is 38.2 Å². The van der Waals surface area contributed by atoms with E-state index in [9.17, 15) is 4.79 Å². The van der Waals surface area contributed by atoms with Gasteiger partial charge in [-0.05, 0) is 45.0 Å². The van der Waals surface area contributed by atoms with Gasteiger partial charge in [-0.2, -0.15) is 10.1 Å². The first-order valence-electron chi connectivity index (χ1n) is 10.5. The number of halogens is 1. The van der Waals surface area contributed by atoms with E-state index in [1.165, 1.54) is 4.68 Å². The minimum atomic E-state index is -0.424. The molecule has 32 heavy (non-hydrogen) atoms. The van der Waals surface area contributed by atoms with Crippen molar-refractivity contribution in [3.63, 3.8) is 0 Å². The molecule has 0 unspecified atom stereocenters. The van der Waals surface area contributed by atoms with Crippen molar-refractivity contribution in [2.45, 2.75) is 32.9 Å². The Kier molecular flexibility index (Phi) is 6.21. The molecule has 0 amide bonds. The molecule has 1 aliphatic heterocycles. The highest BCUT2D eigenvalue weighted by molar-refractivity contribution is 6.33. The number of benzene rings is 1.